The van der Waals surface area contributed by atoms with Crippen molar-refractivity contribution in [3.05, 3.63) is 126 Å². The molecule has 0 aliphatic rings. The second kappa shape index (κ2) is 10.2. The molecule has 6 nitrogen and oxygen atoms in total. The molecule has 0 unspecified atom stereocenters. The first kappa shape index (κ1) is 21.8. The summed E-state index contributed by atoms with van der Waals surface area (Å²) in [6, 6.07) is 29.4. The number of aromatic nitrogens is 1. The lowest BCUT2D eigenvalue weighted by atomic mass is 10.1. The third-order valence-corrected chi connectivity index (χ3v) is 5.02. The topological polar surface area (TPSA) is 79.7 Å². The van der Waals surface area contributed by atoms with Crippen molar-refractivity contribution >= 4 is 11.9 Å². The van der Waals surface area contributed by atoms with Crippen LogP contribution in [0.1, 0.15) is 32.0 Å². The number of amides is 1. The molecule has 0 fully saturated rings. The van der Waals surface area contributed by atoms with Gasteiger partial charge < -0.3 is 14.7 Å². The Kier molecular flexibility index (Phi) is 6.75. The SMILES string of the molecule is O=C(O)c1cccnc1C(=O)N(Cc1ccccc1)Cc1ccc(Oc2ccccc2)cc1. The number of carbonyl (C=O) groups is 2. The number of pyridine rings is 1. The van der Waals surface area contributed by atoms with Gasteiger partial charge in [0.05, 0.1) is 5.56 Å². The minimum absolute atomic E-state index is 0.0787. The third kappa shape index (κ3) is 5.62. The normalized spacial score (nSPS) is 10.4. The molecule has 0 saturated heterocycles. The van der Waals surface area contributed by atoms with Crippen molar-refractivity contribution in [2.24, 2.45) is 0 Å². The van der Waals surface area contributed by atoms with Crippen LogP contribution in [-0.2, 0) is 13.1 Å². The predicted octanol–water partition coefficient (Wildman–Crippen LogP) is 5.41. The van der Waals surface area contributed by atoms with Crippen molar-refractivity contribution in [2.75, 3.05) is 0 Å². The summed E-state index contributed by atoms with van der Waals surface area (Å²) in [6.45, 7) is 0.604. The minimum atomic E-state index is -1.19. The second-order valence-corrected chi connectivity index (χ2v) is 7.41. The molecule has 6 heteroatoms. The molecule has 0 radical (unpaired) electrons. The highest BCUT2D eigenvalue weighted by atomic mass is 16.5. The lowest BCUT2D eigenvalue weighted by Gasteiger charge is -2.23. The molecule has 0 atom stereocenters. The summed E-state index contributed by atoms with van der Waals surface area (Å²) in [5.41, 5.74) is 1.62. The fraction of sp³-hybridized carbons (Fsp3) is 0.0741. The van der Waals surface area contributed by atoms with Crippen LogP contribution in [0.2, 0.25) is 0 Å². The van der Waals surface area contributed by atoms with E-state index in [-0.39, 0.29) is 17.8 Å². The van der Waals surface area contributed by atoms with Gasteiger partial charge in [-0.2, -0.15) is 0 Å². The number of carboxylic acid groups (broad SMARTS) is 1. The van der Waals surface area contributed by atoms with Gasteiger partial charge in [0.15, 0.2) is 0 Å². The van der Waals surface area contributed by atoms with Crippen molar-refractivity contribution in [1.29, 1.82) is 0 Å². The van der Waals surface area contributed by atoms with Crippen molar-refractivity contribution in [2.45, 2.75) is 13.1 Å². The van der Waals surface area contributed by atoms with E-state index in [1.807, 2.05) is 84.9 Å². The zero-order chi connectivity index (χ0) is 23.0. The first-order valence-electron chi connectivity index (χ1n) is 10.4. The van der Waals surface area contributed by atoms with E-state index in [2.05, 4.69) is 4.98 Å². The summed E-state index contributed by atoms with van der Waals surface area (Å²) in [5, 5.41) is 9.50. The minimum Gasteiger partial charge on any atom is -0.478 e. The van der Waals surface area contributed by atoms with Crippen molar-refractivity contribution < 1.29 is 19.4 Å². The molecule has 4 aromatic rings. The van der Waals surface area contributed by atoms with Gasteiger partial charge in [-0.25, -0.2) is 4.79 Å². The smallest absolute Gasteiger partial charge is 0.338 e. The van der Waals surface area contributed by atoms with Crippen LogP contribution in [0.25, 0.3) is 0 Å². The Morgan fingerprint density at radius 2 is 1.30 bits per heavy atom. The number of hydrogen-bond acceptors (Lipinski definition) is 4. The highest BCUT2D eigenvalue weighted by Crippen LogP contribution is 2.22. The van der Waals surface area contributed by atoms with Crippen LogP contribution in [0, 0.1) is 0 Å². The summed E-state index contributed by atoms with van der Waals surface area (Å²) < 4.78 is 5.84. The molecule has 0 aliphatic carbocycles. The maximum absolute atomic E-state index is 13.4. The predicted molar refractivity (Wildman–Crippen MR) is 124 cm³/mol. The maximum atomic E-state index is 13.4. The average molecular weight is 438 g/mol. The lowest BCUT2D eigenvalue weighted by molar-refractivity contribution is 0.0664. The van der Waals surface area contributed by atoms with E-state index >= 15 is 0 Å². The fourth-order valence-corrected chi connectivity index (χ4v) is 3.41. The number of aromatic carboxylic acids is 1. The van der Waals surface area contributed by atoms with Crippen LogP contribution in [0.15, 0.2) is 103 Å². The van der Waals surface area contributed by atoms with Crippen molar-refractivity contribution in [3.8, 4) is 11.5 Å². The molecular formula is C27H22N2O4. The average Bonchev–Trinajstić information content (AvgIpc) is 2.85. The molecule has 0 spiro atoms. The Balaban J connectivity index is 1.57. The van der Waals surface area contributed by atoms with E-state index in [1.54, 1.807) is 4.90 Å². The van der Waals surface area contributed by atoms with Crippen molar-refractivity contribution in [1.82, 2.24) is 9.88 Å². The van der Waals surface area contributed by atoms with Gasteiger partial charge in [0.1, 0.15) is 17.2 Å². The Morgan fingerprint density at radius 1 is 0.727 bits per heavy atom. The molecule has 164 valence electrons. The molecule has 33 heavy (non-hydrogen) atoms. The molecule has 1 heterocycles. The third-order valence-electron chi connectivity index (χ3n) is 5.02. The van der Waals surface area contributed by atoms with Gasteiger partial charge in [-0.15, -0.1) is 0 Å². The van der Waals surface area contributed by atoms with E-state index < -0.39 is 11.9 Å². The number of rotatable bonds is 8. The van der Waals surface area contributed by atoms with Crippen LogP contribution in [0.5, 0.6) is 11.5 Å². The first-order valence-corrected chi connectivity index (χ1v) is 10.4. The van der Waals surface area contributed by atoms with Gasteiger partial charge in [-0.1, -0.05) is 60.7 Å². The number of nitrogens with zero attached hydrogens (tertiary/aromatic N) is 2. The lowest BCUT2D eigenvalue weighted by Crippen LogP contribution is -2.32. The van der Waals surface area contributed by atoms with Gasteiger partial charge in [0, 0.05) is 19.3 Å². The van der Waals surface area contributed by atoms with Gasteiger partial charge in [-0.05, 0) is 47.5 Å². The van der Waals surface area contributed by atoms with E-state index in [4.69, 9.17) is 4.74 Å². The van der Waals surface area contributed by atoms with Gasteiger partial charge in [0.2, 0.25) is 0 Å². The number of para-hydroxylation sites is 1. The molecule has 4 rings (SSSR count). The molecule has 0 aliphatic heterocycles. The molecule has 3 aromatic carbocycles. The fourth-order valence-electron chi connectivity index (χ4n) is 3.41. The Morgan fingerprint density at radius 3 is 1.94 bits per heavy atom. The number of ether oxygens (including phenoxy) is 1. The van der Waals surface area contributed by atoms with Crippen LogP contribution < -0.4 is 4.74 Å². The number of carbonyl (C=O) groups excluding carboxylic acids is 1. The van der Waals surface area contributed by atoms with E-state index in [0.717, 1.165) is 16.9 Å². The zero-order valence-electron chi connectivity index (χ0n) is 17.8. The summed E-state index contributed by atoms with van der Waals surface area (Å²) in [7, 11) is 0. The highest BCUT2D eigenvalue weighted by Gasteiger charge is 2.23. The molecular weight excluding hydrogens is 416 g/mol. The summed E-state index contributed by atoms with van der Waals surface area (Å²) >= 11 is 0. The molecule has 0 saturated carbocycles. The van der Waals surface area contributed by atoms with Crippen LogP contribution in [0.3, 0.4) is 0 Å². The van der Waals surface area contributed by atoms with E-state index in [0.29, 0.717) is 12.3 Å². The largest absolute Gasteiger partial charge is 0.478 e. The summed E-state index contributed by atoms with van der Waals surface area (Å²) in [6.07, 6.45) is 1.43. The second-order valence-electron chi connectivity index (χ2n) is 7.41. The van der Waals surface area contributed by atoms with Crippen molar-refractivity contribution in [3.63, 3.8) is 0 Å². The first-order chi connectivity index (χ1) is 16.1. The van der Waals surface area contributed by atoms with E-state index in [9.17, 15) is 14.7 Å². The van der Waals surface area contributed by atoms with Gasteiger partial charge >= 0.3 is 5.97 Å². The van der Waals surface area contributed by atoms with Crippen LogP contribution in [0.4, 0.5) is 0 Å². The Hall–Kier alpha value is -4.45. The maximum Gasteiger partial charge on any atom is 0.338 e. The monoisotopic (exact) mass is 438 g/mol. The summed E-state index contributed by atoms with van der Waals surface area (Å²) in [5.74, 6) is -0.207. The quantitative estimate of drug-likeness (QED) is 0.398. The molecule has 0 bridgehead atoms. The summed E-state index contributed by atoms with van der Waals surface area (Å²) in [4.78, 5) is 30.7. The number of carboxylic acids is 1. The molecule has 1 N–H and O–H groups in total. The highest BCUT2D eigenvalue weighted by molar-refractivity contribution is 6.03. The van der Waals surface area contributed by atoms with Gasteiger partial charge in [-0.3, -0.25) is 9.78 Å². The Labute approximate surface area is 191 Å². The number of benzene rings is 3. The molecule has 1 aromatic heterocycles. The Bertz CT molecular complexity index is 1230. The van der Waals surface area contributed by atoms with Crippen LogP contribution in [-0.4, -0.2) is 26.9 Å². The standard InChI is InChI=1S/C27H22N2O4/c30-26(25-24(27(31)32)12-7-17-28-25)29(18-20-8-3-1-4-9-20)19-21-13-15-23(16-14-21)33-22-10-5-2-6-11-22/h1-17H,18-19H2,(H,31,32). The zero-order valence-corrected chi connectivity index (χ0v) is 17.8. The van der Waals surface area contributed by atoms with E-state index in [1.165, 1.54) is 18.3 Å². The number of hydrogen-bond donors (Lipinski definition) is 1. The van der Waals surface area contributed by atoms with Crippen LogP contribution >= 0.6 is 0 Å². The molecule has 1 amide bonds. The van der Waals surface area contributed by atoms with Gasteiger partial charge in [0.25, 0.3) is 5.91 Å².